The van der Waals surface area contributed by atoms with Crippen molar-refractivity contribution in [3.05, 3.63) is 40.1 Å². The van der Waals surface area contributed by atoms with Crippen molar-refractivity contribution in [2.75, 3.05) is 12.3 Å². The number of nitrogens with zero attached hydrogens (tertiary/aromatic N) is 2. The van der Waals surface area contributed by atoms with Crippen LogP contribution in [-0.4, -0.2) is 24.5 Å². The van der Waals surface area contributed by atoms with Gasteiger partial charge in [-0.2, -0.15) is 0 Å². The Kier molecular flexibility index (Phi) is 4.77. The minimum Gasteiger partial charge on any atom is -0.381 e. The van der Waals surface area contributed by atoms with E-state index in [4.69, 9.17) is 28.9 Å². The molecule has 0 atom stereocenters. The second-order valence-electron chi connectivity index (χ2n) is 4.43. The highest BCUT2D eigenvalue weighted by Gasteiger charge is 2.21. The number of halogens is 2. The molecule has 1 aromatic heterocycles. The average molecular weight is 349 g/mol. The van der Waals surface area contributed by atoms with Crippen molar-refractivity contribution in [2.45, 2.75) is 11.4 Å². The molecule has 0 aliphatic heterocycles. The van der Waals surface area contributed by atoms with Crippen LogP contribution < -0.4 is 10.5 Å². The highest BCUT2D eigenvalue weighted by molar-refractivity contribution is 7.89. The summed E-state index contributed by atoms with van der Waals surface area (Å²) in [7, 11) is -2.15. The molecule has 0 spiro atoms. The number of rotatable bonds is 5. The summed E-state index contributed by atoms with van der Waals surface area (Å²) in [6.07, 6.45) is 1.78. The maximum atomic E-state index is 12.2. The lowest BCUT2D eigenvalue weighted by atomic mass is 10.1. The number of anilines is 1. The molecule has 0 fully saturated rings. The maximum absolute atomic E-state index is 12.2. The molecule has 0 radical (unpaired) electrons. The summed E-state index contributed by atoms with van der Waals surface area (Å²) in [5.74, 6) is -0.0328. The van der Waals surface area contributed by atoms with Crippen LogP contribution in [0.4, 0.5) is 5.82 Å². The predicted molar refractivity (Wildman–Crippen MR) is 83.0 cm³/mol. The van der Waals surface area contributed by atoms with Gasteiger partial charge in [-0.05, 0) is 24.1 Å². The molecule has 0 amide bonds. The standard InChI is InChI=1S/C12H14Cl2N4O2S/c1-18-7-16-11(15)12(18)21(19,20)17-5-4-8-2-3-9(13)6-10(8)14/h2-3,6-7,17H,4-5,15H2,1H3. The largest absolute Gasteiger partial charge is 0.381 e. The van der Waals surface area contributed by atoms with Crippen LogP contribution in [0.3, 0.4) is 0 Å². The van der Waals surface area contributed by atoms with E-state index >= 15 is 0 Å². The number of hydrogen-bond donors (Lipinski definition) is 2. The summed E-state index contributed by atoms with van der Waals surface area (Å²) in [5.41, 5.74) is 6.37. The average Bonchev–Trinajstić information content (AvgIpc) is 2.72. The summed E-state index contributed by atoms with van der Waals surface area (Å²) >= 11 is 11.8. The van der Waals surface area contributed by atoms with Crippen LogP contribution >= 0.6 is 23.2 Å². The van der Waals surface area contributed by atoms with Gasteiger partial charge in [-0.3, -0.25) is 0 Å². The van der Waals surface area contributed by atoms with Crippen molar-refractivity contribution >= 4 is 39.0 Å². The molecule has 0 saturated heterocycles. The highest BCUT2D eigenvalue weighted by Crippen LogP contribution is 2.21. The molecule has 0 aliphatic carbocycles. The summed E-state index contributed by atoms with van der Waals surface area (Å²) in [5, 5.41) is 0.985. The van der Waals surface area contributed by atoms with Gasteiger partial charge in [-0.25, -0.2) is 18.1 Å². The van der Waals surface area contributed by atoms with Gasteiger partial charge in [0.05, 0.1) is 6.33 Å². The first-order chi connectivity index (χ1) is 9.81. The first kappa shape index (κ1) is 16.1. The number of nitrogens with two attached hydrogens (primary N) is 1. The lowest BCUT2D eigenvalue weighted by molar-refractivity contribution is 0.572. The number of hydrogen-bond acceptors (Lipinski definition) is 4. The Morgan fingerprint density at radius 1 is 1.38 bits per heavy atom. The Morgan fingerprint density at radius 2 is 2.10 bits per heavy atom. The van der Waals surface area contributed by atoms with E-state index in [1.54, 1.807) is 25.2 Å². The third-order valence-electron chi connectivity index (χ3n) is 2.87. The van der Waals surface area contributed by atoms with E-state index in [1.807, 2.05) is 0 Å². The number of aromatic nitrogens is 2. The molecule has 0 unspecified atom stereocenters. The Bertz CT molecular complexity index is 739. The Labute approximate surface area is 132 Å². The molecule has 0 saturated carbocycles. The van der Waals surface area contributed by atoms with Crippen molar-refractivity contribution in [1.29, 1.82) is 0 Å². The van der Waals surface area contributed by atoms with Crippen LogP contribution in [0.25, 0.3) is 0 Å². The van der Waals surface area contributed by atoms with Crippen molar-refractivity contribution in [3.63, 3.8) is 0 Å². The van der Waals surface area contributed by atoms with E-state index in [2.05, 4.69) is 9.71 Å². The van der Waals surface area contributed by atoms with Gasteiger partial charge in [-0.15, -0.1) is 0 Å². The molecule has 2 aromatic rings. The fraction of sp³-hybridized carbons (Fsp3) is 0.250. The molecule has 1 heterocycles. The summed E-state index contributed by atoms with van der Waals surface area (Å²) in [6, 6.07) is 5.08. The Balaban J connectivity index is 2.06. The van der Waals surface area contributed by atoms with E-state index in [0.29, 0.717) is 16.5 Å². The lowest BCUT2D eigenvalue weighted by Crippen LogP contribution is -2.28. The number of imidazole rings is 1. The molecule has 9 heteroatoms. The van der Waals surface area contributed by atoms with Gasteiger partial charge in [0.25, 0.3) is 10.0 Å². The maximum Gasteiger partial charge on any atom is 0.260 e. The Hall–Kier alpha value is -1.28. The first-order valence-corrected chi connectivity index (χ1v) is 8.25. The molecular weight excluding hydrogens is 335 g/mol. The fourth-order valence-electron chi connectivity index (χ4n) is 1.88. The predicted octanol–water partition coefficient (Wildman–Crippen LogP) is 1.83. The van der Waals surface area contributed by atoms with Crippen molar-refractivity contribution in [2.24, 2.45) is 7.05 Å². The SMILES string of the molecule is Cn1cnc(N)c1S(=O)(=O)NCCc1ccc(Cl)cc1Cl. The fourth-order valence-corrected chi connectivity index (χ4v) is 3.64. The number of nitrogens with one attached hydrogen (secondary N) is 1. The number of benzene rings is 1. The molecule has 21 heavy (non-hydrogen) atoms. The van der Waals surface area contributed by atoms with E-state index in [-0.39, 0.29) is 17.4 Å². The van der Waals surface area contributed by atoms with E-state index < -0.39 is 10.0 Å². The van der Waals surface area contributed by atoms with E-state index in [0.717, 1.165) is 5.56 Å². The molecule has 6 nitrogen and oxygen atoms in total. The number of aryl methyl sites for hydroxylation is 1. The van der Waals surface area contributed by atoms with E-state index in [9.17, 15) is 8.42 Å². The minimum absolute atomic E-state index is 0.0328. The smallest absolute Gasteiger partial charge is 0.260 e. The minimum atomic E-state index is -3.71. The monoisotopic (exact) mass is 348 g/mol. The molecule has 2 rings (SSSR count). The molecular formula is C12H14Cl2N4O2S. The zero-order chi connectivity index (χ0) is 15.6. The molecule has 0 aliphatic rings. The summed E-state index contributed by atoms with van der Waals surface area (Å²) in [4.78, 5) is 3.76. The number of sulfonamides is 1. The second kappa shape index (κ2) is 6.23. The van der Waals surface area contributed by atoms with Gasteiger partial charge in [0.15, 0.2) is 10.8 Å². The van der Waals surface area contributed by atoms with Crippen molar-refractivity contribution in [3.8, 4) is 0 Å². The normalized spacial score (nSPS) is 11.8. The molecule has 3 N–H and O–H groups in total. The van der Waals surface area contributed by atoms with Gasteiger partial charge in [0.1, 0.15) is 0 Å². The van der Waals surface area contributed by atoms with Crippen LogP contribution in [0.5, 0.6) is 0 Å². The van der Waals surface area contributed by atoms with Gasteiger partial charge in [0, 0.05) is 23.6 Å². The van der Waals surface area contributed by atoms with Crippen LogP contribution in [0, 0.1) is 0 Å². The van der Waals surface area contributed by atoms with Gasteiger partial charge >= 0.3 is 0 Å². The van der Waals surface area contributed by atoms with Gasteiger partial charge < -0.3 is 10.3 Å². The quantitative estimate of drug-likeness (QED) is 0.862. The van der Waals surface area contributed by atoms with E-state index in [1.165, 1.54) is 10.9 Å². The Morgan fingerprint density at radius 3 is 2.67 bits per heavy atom. The van der Waals surface area contributed by atoms with Crippen LogP contribution in [0.2, 0.25) is 10.0 Å². The zero-order valence-corrected chi connectivity index (χ0v) is 13.5. The summed E-state index contributed by atoms with van der Waals surface area (Å²) < 4.78 is 28.1. The van der Waals surface area contributed by atoms with Crippen LogP contribution in [0.15, 0.2) is 29.6 Å². The molecule has 114 valence electrons. The molecule has 0 bridgehead atoms. The van der Waals surface area contributed by atoms with Crippen LogP contribution in [-0.2, 0) is 23.5 Å². The second-order valence-corrected chi connectivity index (χ2v) is 6.96. The molecule has 1 aromatic carbocycles. The summed E-state index contributed by atoms with van der Waals surface area (Å²) in [6.45, 7) is 0.189. The first-order valence-electron chi connectivity index (χ1n) is 6.01. The topological polar surface area (TPSA) is 90.0 Å². The van der Waals surface area contributed by atoms with Crippen LogP contribution in [0.1, 0.15) is 5.56 Å². The third kappa shape index (κ3) is 3.68. The van der Waals surface area contributed by atoms with Crippen molar-refractivity contribution in [1.82, 2.24) is 14.3 Å². The zero-order valence-electron chi connectivity index (χ0n) is 11.2. The number of nitrogen functional groups attached to an aromatic ring is 1. The van der Waals surface area contributed by atoms with Crippen molar-refractivity contribution < 1.29 is 8.42 Å². The highest BCUT2D eigenvalue weighted by atomic mass is 35.5. The third-order valence-corrected chi connectivity index (χ3v) is 5.04. The lowest BCUT2D eigenvalue weighted by Gasteiger charge is -2.09. The van der Waals surface area contributed by atoms with Gasteiger partial charge in [0.2, 0.25) is 0 Å². The van der Waals surface area contributed by atoms with Gasteiger partial charge in [-0.1, -0.05) is 29.3 Å².